The van der Waals surface area contributed by atoms with Crippen LogP contribution < -0.4 is 5.73 Å². The molecule has 2 atom stereocenters. The Morgan fingerprint density at radius 3 is 2.50 bits per heavy atom. The van der Waals surface area contributed by atoms with E-state index in [0.717, 1.165) is 24.8 Å². The largest absolute Gasteiger partial charge is 0.504 e. The maximum atomic E-state index is 9.35. The number of phenolic OH excluding ortho intramolecular Hbond substituents is 2. The summed E-state index contributed by atoms with van der Waals surface area (Å²) in [5, 5.41) is 18.5. The van der Waals surface area contributed by atoms with Crippen LogP contribution in [0.15, 0.2) is 18.2 Å². The highest BCUT2D eigenvalue weighted by Gasteiger charge is 2.23. The SMILES string of the molecule is NC1CCC(c2ccc(O)c(O)c2)C1. The standard InChI is InChI=1S/C11H15NO2/c12-9-3-1-7(5-9)8-2-4-10(13)11(14)6-8/h2,4,6-7,9,13-14H,1,3,5,12H2. The van der Waals surface area contributed by atoms with E-state index in [4.69, 9.17) is 10.8 Å². The first kappa shape index (κ1) is 9.34. The first-order chi connectivity index (χ1) is 6.66. The summed E-state index contributed by atoms with van der Waals surface area (Å²) in [4.78, 5) is 0. The van der Waals surface area contributed by atoms with Crippen molar-refractivity contribution < 1.29 is 10.2 Å². The van der Waals surface area contributed by atoms with Crippen LogP contribution in [0.5, 0.6) is 11.5 Å². The lowest BCUT2D eigenvalue weighted by atomic mass is 9.97. The molecule has 2 rings (SSSR count). The van der Waals surface area contributed by atoms with Crippen molar-refractivity contribution in [3.63, 3.8) is 0 Å². The van der Waals surface area contributed by atoms with E-state index in [1.807, 2.05) is 6.07 Å². The lowest BCUT2D eigenvalue weighted by Crippen LogP contribution is -2.14. The molecule has 0 radical (unpaired) electrons. The summed E-state index contributed by atoms with van der Waals surface area (Å²) in [6.07, 6.45) is 3.10. The second kappa shape index (κ2) is 3.50. The van der Waals surface area contributed by atoms with Crippen molar-refractivity contribution in [3.05, 3.63) is 23.8 Å². The molecule has 1 aromatic carbocycles. The van der Waals surface area contributed by atoms with Gasteiger partial charge in [-0.1, -0.05) is 6.07 Å². The number of benzene rings is 1. The minimum atomic E-state index is -0.0592. The Morgan fingerprint density at radius 1 is 1.14 bits per heavy atom. The number of hydrogen-bond acceptors (Lipinski definition) is 3. The molecule has 1 fully saturated rings. The predicted octanol–water partition coefficient (Wildman–Crippen LogP) is 1.69. The second-order valence-corrected chi connectivity index (χ2v) is 4.02. The van der Waals surface area contributed by atoms with E-state index in [-0.39, 0.29) is 17.5 Å². The van der Waals surface area contributed by atoms with Crippen LogP contribution in [0.1, 0.15) is 30.7 Å². The van der Waals surface area contributed by atoms with Crippen LogP contribution in [-0.4, -0.2) is 16.3 Å². The van der Waals surface area contributed by atoms with Gasteiger partial charge in [0.2, 0.25) is 0 Å². The molecule has 3 nitrogen and oxygen atoms in total. The lowest BCUT2D eigenvalue weighted by molar-refractivity contribution is 0.402. The number of hydrogen-bond donors (Lipinski definition) is 3. The van der Waals surface area contributed by atoms with Crippen molar-refractivity contribution in [2.45, 2.75) is 31.2 Å². The number of phenols is 2. The molecule has 0 heterocycles. The highest BCUT2D eigenvalue weighted by Crippen LogP contribution is 2.36. The van der Waals surface area contributed by atoms with E-state index < -0.39 is 0 Å². The zero-order valence-corrected chi connectivity index (χ0v) is 7.98. The van der Waals surface area contributed by atoms with Crippen molar-refractivity contribution in [1.82, 2.24) is 0 Å². The molecule has 3 heteroatoms. The molecular formula is C11H15NO2. The van der Waals surface area contributed by atoms with Crippen LogP contribution in [0.2, 0.25) is 0 Å². The molecule has 0 bridgehead atoms. The Labute approximate surface area is 83.2 Å². The summed E-state index contributed by atoms with van der Waals surface area (Å²) in [5.74, 6) is 0.343. The Balaban J connectivity index is 2.20. The van der Waals surface area contributed by atoms with Gasteiger partial charge in [-0.3, -0.25) is 0 Å². The molecule has 0 aliphatic heterocycles. The van der Waals surface area contributed by atoms with Crippen LogP contribution in [0, 0.1) is 0 Å². The van der Waals surface area contributed by atoms with Crippen LogP contribution in [0.3, 0.4) is 0 Å². The van der Waals surface area contributed by atoms with E-state index in [0.29, 0.717) is 5.92 Å². The van der Waals surface area contributed by atoms with Gasteiger partial charge < -0.3 is 15.9 Å². The molecule has 0 saturated heterocycles. The molecule has 76 valence electrons. The fraction of sp³-hybridized carbons (Fsp3) is 0.455. The van der Waals surface area contributed by atoms with E-state index >= 15 is 0 Å². The second-order valence-electron chi connectivity index (χ2n) is 4.02. The number of rotatable bonds is 1. The van der Waals surface area contributed by atoms with Gasteiger partial charge in [0.1, 0.15) is 0 Å². The average molecular weight is 193 g/mol. The zero-order chi connectivity index (χ0) is 10.1. The summed E-state index contributed by atoms with van der Waals surface area (Å²) in [7, 11) is 0. The van der Waals surface area contributed by atoms with Crippen LogP contribution in [0.4, 0.5) is 0 Å². The molecule has 0 aromatic heterocycles. The normalized spacial score (nSPS) is 26.6. The lowest BCUT2D eigenvalue weighted by Gasteiger charge is -2.10. The van der Waals surface area contributed by atoms with E-state index in [1.165, 1.54) is 6.07 Å². The van der Waals surface area contributed by atoms with Crippen LogP contribution in [-0.2, 0) is 0 Å². The smallest absolute Gasteiger partial charge is 0.157 e. The molecule has 0 amide bonds. The average Bonchev–Trinajstić information content (AvgIpc) is 2.57. The van der Waals surface area contributed by atoms with Crippen molar-refractivity contribution in [3.8, 4) is 11.5 Å². The maximum absolute atomic E-state index is 9.35. The number of nitrogens with two attached hydrogens (primary N) is 1. The van der Waals surface area contributed by atoms with Crippen molar-refractivity contribution in [2.75, 3.05) is 0 Å². The van der Waals surface area contributed by atoms with E-state index in [9.17, 15) is 5.11 Å². The summed E-state index contributed by atoms with van der Waals surface area (Å²) in [5.41, 5.74) is 6.90. The van der Waals surface area contributed by atoms with Gasteiger partial charge in [0.25, 0.3) is 0 Å². The van der Waals surface area contributed by atoms with Crippen molar-refractivity contribution in [2.24, 2.45) is 5.73 Å². The van der Waals surface area contributed by atoms with Gasteiger partial charge in [0, 0.05) is 6.04 Å². The van der Waals surface area contributed by atoms with Crippen LogP contribution in [0.25, 0.3) is 0 Å². The molecule has 14 heavy (non-hydrogen) atoms. The Bertz CT molecular complexity index is 338. The molecule has 1 aliphatic carbocycles. The summed E-state index contributed by atoms with van der Waals surface area (Å²) in [6, 6.07) is 5.32. The predicted molar refractivity (Wildman–Crippen MR) is 54.3 cm³/mol. The van der Waals surface area contributed by atoms with Gasteiger partial charge in [0.05, 0.1) is 0 Å². The molecule has 4 N–H and O–H groups in total. The Hall–Kier alpha value is -1.22. The Kier molecular flexibility index (Phi) is 2.33. The highest BCUT2D eigenvalue weighted by molar-refractivity contribution is 5.41. The molecule has 1 saturated carbocycles. The molecule has 1 aromatic rings. The zero-order valence-electron chi connectivity index (χ0n) is 7.98. The van der Waals surface area contributed by atoms with E-state index in [1.54, 1.807) is 6.07 Å². The highest BCUT2D eigenvalue weighted by atomic mass is 16.3. The van der Waals surface area contributed by atoms with Gasteiger partial charge >= 0.3 is 0 Å². The van der Waals surface area contributed by atoms with Crippen LogP contribution >= 0.6 is 0 Å². The maximum Gasteiger partial charge on any atom is 0.157 e. The first-order valence-corrected chi connectivity index (χ1v) is 4.94. The third-order valence-electron chi connectivity index (χ3n) is 2.94. The summed E-state index contributed by atoms with van der Waals surface area (Å²) >= 11 is 0. The summed E-state index contributed by atoms with van der Waals surface area (Å²) < 4.78 is 0. The van der Waals surface area contributed by atoms with Gasteiger partial charge in [-0.15, -0.1) is 0 Å². The van der Waals surface area contributed by atoms with Gasteiger partial charge in [-0.2, -0.15) is 0 Å². The fourth-order valence-electron chi connectivity index (χ4n) is 2.11. The minimum Gasteiger partial charge on any atom is -0.504 e. The van der Waals surface area contributed by atoms with Crippen molar-refractivity contribution >= 4 is 0 Å². The number of aromatic hydroxyl groups is 2. The molecule has 2 unspecified atom stereocenters. The van der Waals surface area contributed by atoms with E-state index in [2.05, 4.69) is 0 Å². The minimum absolute atomic E-state index is 0.0389. The van der Waals surface area contributed by atoms with Crippen molar-refractivity contribution in [1.29, 1.82) is 0 Å². The molecular weight excluding hydrogens is 178 g/mol. The summed E-state index contributed by atoms with van der Waals surface area (Å²) in [6.45, 7) is 0. The monoisotopic (exact) mass is 193 g/mol. The quantitative estimate of drug-likeness (QED) is 0.594. The fourth-order valence-corrected chi connectivity index (χ4v) is 2.11. The molecule has 1 aliphatic rings. The third kappa shape index (κ3) is 1.68. The van der Waals surface area contributed by atoms with Gasteiger partial charge in [0.15, 0.2) is 11.5 Å². The third-order valence-corrected chi connectivity index (χ3v) is 2.94. The topological polar surface area (TPSA) is 66.5 Å². The first-order valence-electron chi connectivity index (χ1n) is 4.94. The van der Waals surface area contributed by atoms with Gasteiger partial charge in [-0.25, -0.2) is 0 Å². The Morgan fingerprint density at radius 2 is 1.93 bits per heavy atom. The van der Waals surface area contributed by atoms with Gasteiger partial charge in [-0.05, 0) is 42.9 Å². The molecule has 0 spiro atoms.